The summed E-state index contributed by atoms with van der Waals surface area (Å²) in [7, 11) is -4.76. The van der Waals surface area contributed by atoms with E-state index in [2.05, 4.69) is 4.52 Å². The maximum Gasteiger partial charge on any atom is 0.469 e. The summed E-state index contributed by atoms with van der Waals surface area (Å²) in [6.07, 6.45) is -4.58. The Labute approximate surface area is 116 Å². The van der Waals surface area contributed by atoms with E-state index < -0.39 is 50.2 Å². The Morgan fingerprint density at radius 1 is 1.33 bits per heavy atom. The summed E-state index contributed by atoms with van der Waals surface area (Å²) in [6.45, 7) is -0.683. The number of phosphoric acid groups is 1. The van der Waals surface area contributed by atoms with Gasteiger partial charge in [-0.25, -0.2) is 9.36 Å². The van der Waals surface area contributed by atoms with Crippen molar-refractivity contribution in [3.8, 4) is 0 Å². The van der Waals surface area contributed by atoms with Crippen molar-refractivity contribution < 1.29 is 33.8 Å². The van der Waals surface area contributed by atoms with E-state index in [0.717, 1.165) is 16.8 Å². The number of aromatic amines is 1. The summed E-state index contributed by atoms with van der Waals surface area (Å²) in [5.74, 6) is 0. The molecule has 118 valence electrons. The molecule has 1 aromatic heterocycles. The molecule has 2 rings (SSSR count). The molecular weight excluding hydrogens is 311 g/mol. The van der Waals surface area contributed by atoms with Gasteiger partial charge in [0.05, 0.1) is 6.61 Å². The molecule has 0 aliphatic carbocycles. The van der Waals surface area contributed by atoms with Crippen LogP contribution in [0.2, 0.25) is 0 Å². The normalized spacial score (nSPS) is 29.7. The molecule has 0 amide bonds. The summed E-state index contributed by atoms with van der Waals surface area (Å²) < 4.78 is 20.8. The van der Waals surface area contributed by atoms with Crippen LogP contribution in [0.3, 0.4) is 0 Å². The lowest BCUT2D eigenvalue weighted by molar-refractivity contribution is -0.0543. The van der Waals surface area contributed by atoms with E-state index in [4.69, 9.17) is 14.5 Å². The molecular formula is C9H13N2O9P. The van der Waals surface area contributed by atoms with E-state index in [1.165, 1.54) is 0 Å². The van der Waals surface area contributed by atoms with Gasteiger partial charge in [-0.15, -0.1) is 0 Å². The van der Waals surface area contributed by atoms with Gasteiger partial charge in [0.15, 0.2) is 6.23 Å². The van der Waals surface area contributed by atoms with Gasteiger partial charge < -0.3 is 24.7 Å². The van der Waals surface area contributed by atoms with E-state index in [-0.39, 0.29) is 0 Å². The third kappa shape index (κ3) is 3.66. The molecule has 0 unspecified atom stereocenters. The van der Waals surface area contributed by atoms with E-state index in [0.29, 0.717) is 0 Å². The predicted octanol–water partition coefficient (Wildman–Crippen LogP) is -2.73. The zero-order valence-corrected chi connectivity index (χ0v) is 11.3. The first-order chi connectivity index (χ1) is 9.69. The zero-order chi connectivity index (χ0) is 15.8. The van der Waals surface area contributed by atoms with E-state index >= 15 is 0 Å². The van der Waals surface area contributed by atoms with Crippen LogP contribution in [0, 0.1) is 0 Å². The van der Waals surface area contributed by atoms with Crippen LogP contribution in [0.4, 0.5) is 0 Å². The SMILES string of the molecule is O=c1ccn([C@@H]2O[C@@H](COP(=O)(O)O)[C@H](O)[C@H]2O)c(=O)[nH]1. The van der Waals surface area contributed by atoms with Crippen LogP contribution < -0.4 is 11.2 Å². The molecule has 0 aromatic carbocycles. The Morgan fingerprint density at radius 2 is 2.00 bits per heavy atom. The number of H-pyrrole nitrogens is 1. The average molecular weight is 324 g/mol. The van der Waals surface area contributed by atoms with Crippen LogP contribution in [-0.4, -0.2) is 54.5 Å². The first kappa shape index (κ1) is 16.0. The number of aliphatic hydroxyl groups is 2. The number of hydrogen-bond donors (Lipinski definition) is 5. The highest BCUT2D eigenvalue weighted by atomic mass is 31.2. The van der Waals surface area contributed by atoms with Crippen molar-refractivity contribution in [3.05, 3.63) is 33.1 Å². The fourth-order valence-corrected chi connectivity index (χ4v) is 2.24. The molecule has 1 aliphatic rings. The number of aliphatic hydroxyl groups excluding tert-OH is 2. The lowest BCUT2D eigenvalue weighted by atomic mass is 10.1. The van der Waals surface area contributed by atoms with Gasteiger partial charge in [-0.2, -0.15) is 0 Å². The highest BCUT2D eigenvalue weighted by molar-refractivity contribution is 7.46. The van der Waals surface area contributed by atoms with E-state index in [1.54, 1.807) is 0 Å². The highest BCUT2D eigenvalue weighted by Gasteiger charge is 2.44. The highest BCUT2D eigenvalue weighted by Crippen LogP contribution is 2.38. The number of aromatic nitrogens is 2. The van der Waals surface area contributed by atoms with E-state index in [9.17, 15) is 24.4 Å². The summed E-state index contributed by atoms with van der Waals surface area (Å²) in [5.41, 5.74) is -1.51. The minimum Gasteiger partial charge on any atom is -0.387 e. The van der Waals surface area contributed by atoms with Crippen molar-refractivity contribution >= 4 is 7.82 Å². The van der Waals surface area contributed by atoms with Gasteiger partial charge >= 0.3 is 13.5 Å². The molecule has 1 fully saturated rings. The molecule has 1 aromatic rings. The van der Waals surface area contributed by atoms with Crippen molar-refractivity contribution in [1.82, 2.24) is 9.55 Å². The van der Waals surface area contributed by atoms with Crippen molar-refractivity contribution in [2.24, 2.45) is 0 Å². The molecule has 1 saturated heterocycles. The molecule has 0 spiro atoms. The Balaban J connectivity index is 2.18. The first-order valence-electron chi connectivity index (χ1n) is 5.72. The van der Waals surface area contributed by atoms with Crippen LogP contribution in [0.25, 0.3) is 0 Å². The number of rotatable bonds is 4. The number of phosphoric ester groups is 1. The second kappa shape index (κ2) is 5.81. The standard InChI is InChI=1S/C9H13N2O9P/c12-5-1-2-11(9(15)10-5)8-7(14)6(13)4(20-8)3-19-21(16,17)18/h1-2,4,6-8,13-14H,3H2,(H,10,12,15)(H2,16,17,18)/t4-,6-,7+,8+/m0/s1. The van der Waals surface area contributed by atoms with Gasteiger partial charge in [0.1, 0.15) is 18.3 Å². The third-order valence-electron chi connectivity index (χ3n) is 2.87. The molecule has 1 aliphatic heterocycles. The maximum absolute atomic E-state index is 11.6. The van der Waals surface area contributed by atoms with Gasteiger partial charge in [-0.3, -0.25) is 18.9 Å². The van der Waals surface area contributed by atoms with Gasteiger partial charge in [0.2, 0.25) is 0 Å². The second-order valence-electron chi connectivity index (χ2n) is 4.35. The minimum absolute atomic E-state index is 0.648. The van der Waals surface area contributed by atoms with Crippen molar-refractivity contribution in [3.63, 3.8) is 0 Å². The van der Waals surface area contributed by atoms with E-state index in [1.807, 2.05) is 4.98 Å². The monoisotopic (exact) mass is 324 g/mol. The van der Waals surface area contributed by atoms with Crippen molar-refractivity contribution in [1.29, 1.82) is 0 Å². The Kier molecular flexibility index (Phi) is 4.44. The van der Waals surface area contributed by atoms with Crippen LogP contribution in [0.1, 0.15) is 6.23 Å². The first-order valence-corrected chi connectivity index (χ1v) is 7.25. The number of hydrogen-bond acceptors (Lipinski definition) is 7. The lowest BCUT2D eigenvalue weighted by Gasteiger charge is -2.16. The largest absolute Gasteiger partial charge is 0.469 e. The molecule has 4 atom stereocenters. The van der Waals surface area contributed by atoms with Gasteiger partial charge in [0.25, 0.3) is 5.56 Å². The summed E-state index contributed by atoms with van der Waals surface area (Å²) in [5, 5.41) is 19.6. The van der Waals surface area contributed by atoms with Crippen molar-refractivity contribution in [2.45, 2.75) is 24.5 Å². The molecule has 0 radical (unpaired) electrons. The molecule has 21 heavy (non-hydrogen) atoms. The lowest BCUT2D eigenvalue weighted by Crippen LogP contribution is -2.37. The number of ether oxygens (including phenoxy) is 1. The van der Waals surface area contributed by atoms with Crippen molar-refractivity contribution in [2.75, 3.05) is 6.61 Å². The third-order valence-corrected chi connectivity index (χ3v) is 3.35. The molecule has 12 heteroatoms. The average Bonchev–Trinajstić information content (AvgIpc) is 2.64. The fourth-order valence-electron chi connectivity index (χ4n) is 1.89. The smallest absolute Gasteiger partial charge is 0.387 e. The molecule has 0 bridgehead atoms. The Hall–Kier alpha value is -1.33. The Bertz CT molecular complexity index is 664. The summed E-state index contributed by atoms with van der Waals surface area (Å²) in [4.78, 5) is 41.6. The Morgan fingerprint density at radius 3 is 2.57 bits per heavy atom. The van der Waals surface area contributed by atoms with Crippen LogP contribution >= 0.6 is 7.82 Å². The van der Waals surface area contributed by atoms with Crippen LogP contribution in [0.15, 0.2) is 21.9 Å². The molecule has 2 heterocycles. The van der Waals surface area contributed by atoms with Gasteiger partial charge in [-0.05, 0) is 0 Å². The van der Waals surface area contributed by atoms with Gasteiger partial charge in [-0.1, -0.05) is 0 Å². The molecule has 5 N–H and O–H groups in total. The minimum atomic E-state index is -4.76. The summed E-state index contributed by atoms with van der Waals surface area (Å²) in [6, 6.07) is 1.02. The summed E-state index contributed by atoms with van der Waals surface area (Å²) >= 11 is 0. The zero-order valence-electron chi connectivity index (χ0n) is 10.4. The topological polar surface area (TPSA) is 171 Å². The number of nitrogens with one attached hydrogen (secondary N) is 1. The second-order valence-corrected chi connectivity index (χ2v) is 5.59. The number of nitrogens with zero attached hydrogens (tertiary/aromatic N) is 1. The molecule has 0 saturated carbocycles. The van der Waals surface area contributed by atoms with Crippen LogP contribution in [0.5, 0.6) is 0 Å². The molecule has 11 nitrogen and oxygen atoms in total. The quantitative estimate of drug-likeness (QED) is 0.368. The fraction of sp³-hybridized carbons (Fsp3) is 0.556. The maximum atomic E-state index is 11.6. The van der Waals surface area contributed by atoms with Crippen LogP contribution in [-0.2, 0) is 13.8 Å². The predicted molar refractivity (Wildman–Crippen MR) is 65.2 cm³/mol. The van der Waals surface area contributed by atoms with Gasteiger partial charge in [0, 0.05) is 12.3 Å².